The maximum atomic E-state index is 12.5. The van der Waals surface area contributed by atoms with E-state index in [1.165, 1.54) is 5.56 Å². The van der Waals surface area contributed by atoms with Crippen molar-refractivity contribution in [3.8, 4) is 5.75 Å². The topological polar surface area (TPSA) is 49.7 Å². The smallest absolute Gasteiger partial charge is 0.272 e. The van der Waals surface area contributed by atoms with E-state index >= 15 is 0 Å². The maximum absolute atomic E-state index is 12.5. The van der Waals surface area contributed by atoms with Crippen LogP contribution >= 0.6 is 0 Å². The van der Waals surface area contributed by atoms with Crippen LogP contribution in [-0.4, -0.2) is 60.6 Å². The number of rotatable bonds is 5. The molecule has 0 bridgehead atoms. The van der Waals surface area contributed by atoms with Crippen molar-refractivity contribution in [2.45, 2.75) is 6.54 Å². The molecule has 6 heteroatoms. The third-order valence-corrected chi connectivity index (χ3v) is 4.69. The summed E-state index contributed by atoms with van der Waals surface area (Å²) in [6, 6.07) is 9.66. The lowest BCUT2D eigenvalue weighted by Gasteiger charge is -2.32. The van der Waals surface area contributed by atoms with E-state index in [1.54, 1.807) is 17.7 Å². The van der Waals surface area contributed by atoms with Crippen LogP contribution in [0.15, 0.2) is 36.5 Å². The Morgan fingerprint density at radius 3 is 2.56 bits per heavy atom. The van der Waals surface area contributed by atoms with Crippen molar-refractivity contribution >= 4 is 11.6 Å². The lowest BCUT2D eigenvalue weighted by atomic mass is 10.1. The van der Waals surface area contributed by atoms with Crippen molar-refractivity contribution in [2.24, 2.45) is 7.05 Å². The Hall–Kier alpha value is -2.31. The van der Waals surface area contributed by atoms with E-state index in [4.69, 9.17) is 4.74 Å². The largest absolute Gasteiger partial charge is 0.495 e. The zero-order valence-corrected chi connectivity index (χ0v) is 15.2. The van der Waals surface area contributed by atoms with Crippen LogP contribution in [0.25, 0.3) is 0 Å². The fourth-order valence-corrected chi connectivity index (χ4v) is 3.10. The number of benzene rings is 1. The number of methoxy groups -OCH3 is 1. The van der Waals surface area contributed by atoms with Gasteiger partial charge < -0.3 is 19.5 Å². The third kappa shape index (κ3) is 4.21. The predicted molar refractivity (Wildman–Crippen MR) is 99.1 cm³/mol. The van der Waals surface area contributed by atoms with Crippen molar-refractivity contribution in [3.05, 3.63) is 47.8 Å². The van der Waals surface area contributed by atoms with E-state index in [2.05, 4.69) is 28.2 Å². The SMILES string of the molecule is COc1ccc(CN2CCN(C)CC2)cc1NC(=O)c1cccn1C. The summed E-state index contributed by atoms with van der Waals surface area (Å²) in [5.41, 5.74) is 2.50. The summed E-state index contributed by atoms with van der Waals surface area (Å²) in [4.78, 5) is 17.3. The zero-order chi connectivity index (χ0) is 17.8. The van der Waals surface area contributed by atoms with E-state index < -0.39 is 0 Å². The molecule has 0 aliphatic carbocycles. The van der Waals surface area contributed by atoms with Gasteiger partial charge in [0.2, 0.25) is 0 Å². The van der Waals surface area contributed by atoms with E-state index in [-0.39, 0.29) is 5.91 Å². The van der Waals surface area contributed by atoms with Crippen LogP contribution in [0.5, 0.6) is 5.75 Å². The number of likely N-dealkylation sites (N-methyl/N-ethyl adjacent to an activating group) is 1. The molecule has 1 fully saturated rings. The van der Waals surface area contributed by atoms with Crippen LogP contribution in [0.1, 0.15) is 16.1 Å². The van der Waals surface area contributed by atoms with Crippen LogP contribution in [0.4, 0.5) is 5.69 Å². The molecule has 2 heterocycles. The lowest BCUT2D eigenvalue weighted by molar-refractivity contribution is 0.101. The first kappa shape index (κ1) is 17.5. The summed E-state index contributed by atoms with van der Waals surface area (Å²) < 4.78 is 7.21. The summed E-state index contributed by atoms with van der Waals surface area (Å²) >= 11 is 0. The van der Waals surface area contributed by atoms with E-state index in [0.717, 1.165) is 32.7 Å². The van der Waals surface area contributed by atoms with Crippen molar-refractivity contribution < 1.29 is 9.53 Å². The highest BCUT2D eigenvalue weighted by Crippen LogP contribution is 2.27. The molecule has 2 aromatic rings. The van der Waals surface area contributed by atoms with Crippen LogP contribution in [0.3, 0.4) is 0 Å². The molecular formula is C19H26N4O2. The van der Waals surface area contributed by atoms with E-state index in [9.17, 15) is 4.79 Å². The van der Waals surface area contributed by atoms with Gasteiger partial charge in [-0.1, -0.05) is 6.07 Å². The standard InChI is InChI=1S/C19H26N4O2/c1-21-9-11-23(12-10-21)14-15-6-7-18(25-3)16(13-15)20-19(24)17-5-4-8-22(17)2/h4-8,13H,9-12,14H2,1-3H3,(H,20,24). The molecule has 1 amide bonds. The number of nitrogens with zero attached hydrogens (tertiary/aromatic N) is 3. The second-order valence-corrected chi connectivity index (χ2v) is 6.57. The fraction of sp³-hybridized carbons (Fsp3) is 0.421. The molecule has 3 rings (SSSR count). The highest BCUT2D eigenvalue weighted by atomic mass is 16.5. The third-order valence-electron chi connectivity index (χ3n) is 4.69. The fourth-order valence-electron chi connectivity index (χ4n) is 3.10. The minimum Gasteiger partial charge on any atom is -0.495 e. The van der Waals surface area contributed by atoms with Gasteiger partial charge in [-0.2, -0.15) is 0 Å². The summed E-state index contributed by atoms with van der Waals surface area (Å²) in [6.07, 6.45) is 1.86. The van der Waals surface area contributed by atoms with Gasteiger partial charge in [-0.25, -0.2) is 0 Å². The van der Waals surface area contributed by atoms with E-state index in [1.807, 2.05) is 31.4 Å². The number of carbonyl (C=O) groups is 1. The Morgan fingerprint density at radius 2 is 1.92 bits per heavy atom. The lowest BCUT2D eigenvalue weighted by Crippen LogP contribution is -2.43. The van der Waals surface area contributed by atoms with Crippen molar-refractivity contribution in [1.82, 2.24) is 14.4 Å². The number of hydrogen-bond acceptors (Lipinski definition) is 4. The number of piperazine rings is 1. The molecule has 0 atom stereocenters. The summed E-state index contributed by atoms with van der Waals surface area (Å²) in [5, 5.41) is 2.98. The molecule has 1 saturated heterocycles. The average molecular weight is 342 g/mol. The van der Waals surface area contributed by atoms with Crippen LogP contribution < -0.4 is 10.1 Å². The number of carbonyl (C=O) groups excluding carboxylic acids is 1. The summed E-state index contributed by atoms with van der Waals surface area (Å²) in [6.45, 7) is 5.19. The highest BCUT2D eigenvalue weighted by Gasteiger charge is 2.16. The molecule has 1 aliphatic rings. The average Bonchev–Trinajstić information content (AvgIpc) is 3.03. The Labute approximate surface area is 149 Å². The van der Waals surface area contributed by atoms with Gasteiger partial charge in [-0.3, -0.25) is 9.69 Å². The normalized spacial score (nSPS) is 16.0. The quantitative estimate of drug-likeness (QED) is 0.903. The molecule has 0 spiro atoms. The van der Waals surface area contributed by atoms with Crippen molar-refractivity contribution in [2.75, 3.05) is 45.7 Å². The number of ether oxygens (including phenoxy) is 1. The van der Waals surface area contributed by atoms with Gasteiger partial charge in [0.05, 0.1) is 12.8 Å². The number of aromatic nitrogens is 1. The van der Waals surface area contributed by atoms with Crippen LogP contribution in [-0.2, 0) is 13.6 Å². The highest BCUT2D eigenvalue weighted by molar-refractivity contribution is 6.04. The maximum Gasteiger partial charge on any atom is 0.272 e. The summed E-state index contributed by atoms with van der Waals surface area (Å²) in [5.74, 6) is 0.534. The van der Waals surface area contributed by atoms with Crippen molar-refractivity contribution in [3.63, 3.8) is 0 Å². The molecule has 6 nitrogen and oxygen atoms in total. The van der Waals surface area contributed by atoms with Crippen LogP contribution in [0, 0.1) is 0 Å². The Bertz CT molecular complexity index is 733. The number of amides is 1. The molecular weight excluding hydrogens is 316 g/mol. The predicted octanol–water partition coefficient (Wildman–Crippen LogP) is 2.03. The minimum absolute atomic E-state index is 0.137. The molecule has 134 valence electrons. The van der Waals surface area contributed by atoms with E-state index in [0.29, 0.717) is 17.1 Å². The van der Waals surface area contributed by atoms with Gasteiger partial charge in [0.15, 0.2) is 0 Å². The first-order chi connectivity index (χ1) is 12.1. The van der Waals surface area contributed by atoms with Gasteiger partial charge >= 0.3 is 0 Å². The zero-order valence-electron chi connectivity index (χ0n) is 15.2. The van der Waals surface area contributed by atoms with Gasteiger partial charge in [-0.15, -0.1) is 0 Å². The van der Waals surface area contributed by atoms with Gasteiger partial charge in [-0.05, 0) is 36.9 Å². The number of anilines is 1. The van der Waals surface area contributed by atoms with Crippen LogP contribution in [0.2, 0.25) is 0 Å². The summed E-state index contributed by atoms with van der Waals surface area (Å²) in [7, 11) is 5.63. The molecule has 0 radical (unpaired) electrons. The number of aryl methyl sites for hydroxylation is 1. The van der Waals surface area contributed by atoms with Gasteiger partial charge in [0.25, 0.3) is 5.91 Å². The number of hydrogen-bond donors (Lipinski definition) is 1. The minimum atomic E-state index is -0.137. The molecule has 1 N–H and O–H groups in total. The molecule has 25 heavy (non-hydrogen) atoms. The molecule has 0 saturated carbocycles. The first-order valence-electron chi connectivity index (χ1n) is 8.57. The number of nitrogens with one attached hydrogen (secondary N) is 1. The molecule has 1 aromatic carbocycles. The van der Waals surface area contributed by atoms with Crippen molar-refractivity contribution in [1.29, 1.82) is 0 Å². The second-order valence-electron chi connectivity index (χ2n) is 6.57. The second kappa shape index (κ2) is 7.72. The Morgan fingerprint density at radius 1 is 1.16 bits per heavy atom. The first-order valence-corrected chi connectivity index (χ1v) is 8.57. The van der Waals surface area contributed by atoms with Gasteiger partial charge in [0.1, 0.15) is 11.4 Å². The Kier molecular flexibility index (Phi) is 5.40. The van der Waals surface area contributed by atoms with Gasteiger partial charge in [0, 0.05) is 46.0 Å². The molecule has 1 aliphatic heterocycles. The monoisotopic (exact) mass is 342 g/mol. The molecule has 0 unspecified atom stereocenters. The Balaban J connectivity index is 1.73. The molecule has 1 aromatic heterocycles.